The number of aliphatic hydroxyl groups excluding tert-OH is 1. The molecule has 136 valence electrons. The largest absolute Gasteiger partial charge is 0.481 e. The summed E-state index contributed by atoms with van der Waals surface area (Å²) in [5.41, 5.74) is 6.41. The average molecular weight is 358 g/mol. The van der Waals surface area contributed by atoms with Crippen molar-refractivity contribution in [3.05, 3.63) is 83.7 Å². The van der Waals surface area contributed by atoms with Gasteiger partial charge in [0.1, 0.15) is 0 Å². The number of methoxy groups -OCH3 is 1. The molecular weight excluding hydrogens is 336 g/mol. The number of nitrogens with zero attached hydrogens (tertiary/aromatic N) is 2. The molecule has 2 aromatic carbocycles. The van der Waals surface area contributed by atoms with E-state index < -0.39 is 0 Å². The van der Waals surface area contributed by atoms with Crippen molar-refractivity contribution in [1.29, 1.82) is 0 Å². The van der Waals surface area contributed by atoms with Crippen molar-refractivity contribution >= 4 is 10.9 Å². The summed E-state index contributed by atoms with van der Waals surface area (Å²) in [6.07, 6.45) is 1.81. The number of aryl methyl sites for hydroxylation is 1. The summed E-state index contributed by atoms with van der Waals surface area (Å²) in [5, 5.41) is 11.4. The van der Waals surface area contributed by atoms with Gasteiger partial charge in [-0.1, -0.05) is 42.5 Å². The zero-order valence-electron chi connectivity index (χ0n) is 15.5. The second-order valence-corrected chi connectivity index (χ2v) is 6.66. The van der Waals surface area contributed by atoms with Crippen LogP contribution in [-0.2, 0) is 13.2 Å². The zero-order chi connectivity index (χ0) is 18.8. The van der Waals surface area contributed by atoms with Gasteiger partial charge in [0.25, 0.3) is 0 Å². The molecule has 0 radical (unpaired) electrons. The lowest BCUT2D eigenvalue weighted by atomic mass is 10.0. The maximum absolute atomic E-state index is 10.2. The van der Waals surface area contributed by atoms with Gasteiger partial charge in [-0.25, -0.2) is 4.98 Å². The zero-order valence-corrected chi connectivity index (χ0v) is 15.5. The summed E-state index contributed by atoms with van der Waals surface area (Å²) in [6, 6.07) is 20.6. The number of aliphatic hydroxyl groups is 1. The van der Waals surface area contributed by atoms with E-state index in [4.69, 9.17) is 4.74 Å². The summed E-state index contributed by atoms with van der Waals surface area (Å²) in [7, 11) is 1.61. The molecule has 2 aromatic heterocycles. The molecule has 27 heavy (non-hydrogen) atoms. The van der Waals surface area contributed by atoms with E-state index in [-0.39, 0.29) is 6.61 Å². The van der Waals surface area contributed by atoms with E-state index in [9.17, 15) is 5.11 Å². The van der Waals surface area contributed by atoms with Gasteiger partial charge in [0, 0.05) is 40.8 Å². The van der Waals surface area contributed by atoms with E-state index in [1.54, 1.807) is 13.3 Å². The Balaban J connectivity index is 1.95. The Morgan fingerprint density at radius 1 is 1.04 bits per heavy atom. The third-order valence-electron chi connectivity index (χ3n) is 4.90. The van der Waals surface area contributed by atoms with Crippen LogP contribution in [0.15, 0.2) is 66.9 Å². The van der Waals surface area contributed by atoms with Gasteiger partial charge in [-0.15, -0.1) is 0 Å². The molecule has 0 spiro atoms. The summed E-state index contributed by atoms with van der Waals surface area (Å²) < 4.78 is 7.39. The van der Waals surface area contributed by atoms with Crippen molar-refractivity contribution in [2.45, 2.75) is 20.1 Å². The molecule has 0 amide bonds. The molecule has 0 fully saturated rings. The monoisotopic (exact) mass is 358 g/mol. The fourth-order valence-corrected chi connectivity index (χ4v) is 3.59. The van der Waals surface area contributed by atoms with Crippen LogP contribution in [0.3, 0.4) is 0 Å². The highest BCUT2D eigenvalue weighted by Crippen LogP contribution is 2.36. The highest BCUT2D eigenvalue weighted by molar-refractivity contribution is 5.98. The van der Waals surface area contributed by atoms with Crippen molar-refractivity contribution < 1.29 is 9.84 Å². The summed E-state index contributed by atoms with van der Waals surface area (Å²) in [4.78, 5) is 4.35. The Morgan fingerprint density at radius 2 is 1.85 bits per heavy atom. The molecular formula is C23H22N2O2. The van der Waals surface area contributed by atoms with Crippen LogP contribution < -0.4 is 4.74 Å². The molecule has 0 atom stereocenters. The van der Waals surface area contributed by atoms with Crippen LogP contribution in [0, 0.1) is 6.92 Å². The van der Waals surface area contributed by atoms with Gasteiger partial charge in [0.15, 0.2) is 0 Å². The lowest BCUT2D eigenvalue weighted by molar-refractivity contribution is 0.273. The van der Waals surface area contributed by atoms with Gasteiger partial charge in [-0.2, -0.15) is 0 Å². The Labute approximate surface area is 158 Å². The number of hydrogen-bond donors (Lipinski definition) is 1. The Kier molecular flexibility index (Phi) is 4.65. The maximum Gasteiger partial charge on any atom is 0.212 e. The molecule has 4 rings (SSSR count). The van der Waals surface area contributed by atoms with Crippen molar-refractivity contribution in [3.63, 3.8) is 0 Å². The number of fused-ring (bicyclic) bond motifs is 1. The maximum atomic E-state index is 10.2. The van der Waals surface area contributed by atoms with E-state index in [0.29, 0.717) is 12.4 Å². The standard InChI is InChI=1S/C23H22N2O2/c1-16-8-10-19-20(12-16)25(14-17-6-4-3-5-7-17)21(15-26)23(19)18-9-11-22(27-2)24-13-18/h3-13,26H,14-15H2,1-2H3. The first-order valence-electron chi connectivity index (χ1n) is 8.98. The van der Waals surface area contributed by atoms with Crippen molar-refractivity contribution in [1.82, 2.24) is 9.55 Å². The second-order valence-electron chi connectivity index (χ2n) is 6.66. The molecule has 1 N–H and O–H groups in total. The van der Waals surface area contributed by atoms with Crippen molar-refractivity contribution in [3.8, 4) is 17.0 Å². The van der Waals surface area contributed by atoms with Crippen LogP contribution in [0.25, 0.3) is 22.0 Å². The first-order chi connectivity index (χ1) is 13.2. The van der Waals surface area contributed by atoms with E-state index >= 15 is 0 Å². The highest BCUT2D eigenvalue weighted by Gasteiger charge is 2.18. The Bertz CT molecular complexity index is 1070. The van der Waals surface area contributed by atoms with Gasteiger partial charge in [-0.05, 0) is 30.2 Å². The molecule has 0 bridgehead atoms. The topological polar surface area (TPSA) is 47.3 Å². The van der Waals surface area contributed by atoms with Crippen LogP contribution in [0.2, 0.25) is 0 Å². The van der Waals surface area contributed by atoms with Gasteiger partial charge < -0.3 is 14.4 Å². The summed E-state index contributed by atoms with van der Waals surface area (Å²) in [6.45, 7) is 2.76. The average Bonchev–Trinajstić information content (AvgIpc) is 3.01. The highest BCUT2D eigenvalue weighted by atomic mass is 16.5. The van der Waals surface area contributed by atoms with Crippen molar-refractivity contribution in [2.24, 2.45) is 0 Å². The molecule has 0 saturated heterocycles. The predicted molar refractivity (Wildman–Crippen MR) is 108 cm³/mol. The molecule has 2 heterocycles. The lowest BCUT2D eigenvalue weighted by Gasteiger charge is -2.11. The number of aromatic nitrogens is 2. The summed E-state index contributed by atoms with van der Waals surface area (Å²) in [5.74, 6) is 0.577. The summed E-state index contributed by atoms with van der Waals surface area (Å²) >= 11 is 0. The minimum atomic E-state index is -0.0398. The third-order valence-corrected chi connectivity index (χ3v) is 4.90. The first kappa shape index (κ1) is 17.3. The van der Waals surface area contributed by atoms with E-state index in [1.165, 1.54) is 11.1 Å². The van der Waals surface area contributed by atoms with E-state index in [2.05, 4.69) is 46.8 Å². The van der Waals surface area contributed by atoms with Crippen LogP contribution >= 0.6 is 0 Å². The fourth-order valence-electron chi connectivity index (χ4n) is 3.59. The van der Waals surface area contributed by atoms with Crippen LogP contribution in [0.4, 0.5) is 0 Å². The smallest absolute Gasteiger partial charge is 0.212 e. The van der Waals surface area contributed by atoms with Gasteiger partial charge in [-0.3, -0.25) is 0 Å². The molecule has 0 unspecified atom stereocenters. The number of pyridine rings is 1. The number of benzene rings is 2. The van der Waals surface area contributed by atoms with Crippen LogP contribution in [-0.4, -0.2) is 21.8 Å². The minimum absolute atomic E-state index is 0.0398. The molecule has 0 aliphatic rings. The van der Waals surface area contributed by atoms with Crippen LogP contribution in [0.1, 0.15) is 16.8 Å². The minimum Gasteiger partial charge on any atom is -0.481 e. The molecule has 4 nitrogen and oxygen atoms in total. The van der Waals surface area contributed by atoms with Gasteiger partial charge in [0.2, 0.25) is 5.88 Å². The molecule has 0 aliphatic carbocycles. The molecule has 4 heteroatoms. The molecule has 0 aliphatic heterocycles. The van der Waals surface area contributed by atoms with Gasteiger partial charge >= 0.3 is 0 Å². The Hall–Kier alpha value is -3.11. The second kappa shape index (κ2) is 7.25. The molecule has 4 aromatic rings. The van der Waals surface area contributed by atoms with Crippen molar-refractivity contribution in [2.75, 3.05) is 7.11 Å². The predicted octanol–water partition coefficient (Wildman–Crippen LogP) is 4.56. The van der Waals surface area contributed by atoms with Gasteiger partial charge in [0.05, 0.1) is 19.4 Å². The van der Waals surface area contributed by atoms with Crippen LogP contribution in [0.5, 0.6) is 5.88 Å². The Morgan fingerprint density at radius 3 is 2.52 bits per heavy atom. The normalized spacial score (nSPS) is 11.1. The number of ether oxygens (including phenoxy) is 1. The van der Waals surface area contributed by atoms with E-state index in [0.717, 1.165) is 27.7 Å². The lowest BCUT2D eigenvalue weighted by Crippen LogP contribution is -2.05. The SMILES string of the molecule is COc1ccc(-c2c(CO)n(Cc3ccccc3)c3cc(C)ccc23)cn1. The fraction of sp³-hybridized carbons (Fsp3) is 0.174. The third kappa shape index (κ3) is 3.20. The quantitative estimate of drug-likeness (QED) is 0.569. The number of rotatable bonds is 5. The van der Waals surface area contributed by atoms with E-state index in [1.807, 2.05) is 30.3 Å². The number of hydrogen-bond acceptors (Lipinski definition) is 3. The molecule has 0 saturated carbocycles. The first-order valence-corrected chi connectivity index (χ1v) is 8.98.